The van der Waals surface area contributed by atoms with Gasteiger partial charge in [-0.1, -0.05) is 27.8 Å². The van der Waals surface area contributed by atoms with Crippen LogP contribution in [0.5, 0.6) is 5.75 Å². The first-order valence-corrected chi connectivity index (χ1v) is 6.24. The second-order valence-corrected chi connectivity index (χ2v) is 5.67. The highest BCUT2D eigenvalue weighted by molar-refractivity contribution is 9.10. The minimum Gasteiger partial charge on any atom is -0.481 e. The SMILES string of the molecule is CC(C)(C)C#CCOc1ccc(Br)cc1CO. The molecule has 1 aromatic carbocycles. The zero-order chi connectivity index (χ0) is 12.9. The van der Waals surface area contributed by atoms with Crippen molar-refractivity contribution < 1.29 is 9.84 Å². The summed E-state index contributed by atoms with van der Waals surface area (Å²) in [6.45, 7) is 6.46. The monoisotopic (exact) mass is 296 g/mol. The van der Waals surface area contributed by atoms with Crippen LogP contribution in [0.25, 0.3) is 0 Å². The van der Waals surface area contributed by atoms with Crippen molar-refractivity contribution in [2.24, 2.45) is 5.41 Å². The molecule has 0 atom stereocenters. The van der Waals surface area contributed by atoms with Gasteiger partial charge in [-0.2, -0.15) is 0 Å². The van der Waals surface area contributed by atoms with Gasteiger partial charge in [0.1, 0.15) is 12.4 Å². The lowest BCUT2D eigenvalue weighted by molar-refractivity contribution is 0.270. The molecule has 0 aliphatic heterocycles. The molecule has 1 aromatic rings. The van der Waals surface area contributed by atoms with Crippen LogP contribution in [0, 0.1) is 17.3 Å². The number of rotatable bonds is 3. The number of halogens is 1. The van der Waals surface area contributed by atoms with E-state index in [1.54, 1.807) is 0 Å². The summed E-state index contributed by atoms with van der Waals surface area (Å²) in [4.78, 5) is 0. The molecule has 17 heavy (non-hydrogen) atoms. The first-order valence-electron chi connectivity index (χ1n) is 5.44. The fourth-order valence-electron chi connectivity index (χ4n) is 1.23. The van der Waals surface area contributed by atoms with Gasteiger partial charge in [-0.05, 0) is 39.0 Å². The Bertz CT molecular complexity index is 436. The van der Waals surface area contributed by atoms with Crippen LogP contribution in [-0.2, 0) is 6.61 Å². The Morgan fingerprint density at radius 1 is 1.35 bits per heavy atom. The van der Waals surface area contributed by atoms with E-state index in [0.29, 0.717) is 12.4 Å². The highest BCUT2D eigenvalue weighted by Crippen LogP contribution is 2.23. The maximum Gasteiger partial charge on any atom is 0.149 e. The first-order chi connectivity index (χ1) is 7.92. The van der Waals surface area contributed by atoms with E-state index in [-0.39, 0.29) is 12.0 Å². The molecule has 0 bridgehead atoms. The molecular formula is C14H17BrO2. The van der Waals surface area contributed by atoms with E-state index in [1.807, 2.05) is 18.2 Å². The van der Waals surface area contributed by atoms with E-state index >= 15 is 0 Å². The zero-order valence-electron chi connectivity index (χ0n) is 10.4. The largest absolute Gasteiger partial charge is 0.481 e. The van der Waals surface area contributed by atoms with Crippen LogP contribution < -0.4 is 4.74 Å². The van der Waals surface area contributed by atoms with Crippen molar-refractivity contribution in [1.29, 1.82) is 0 Å². The Morgan fingerprint density at radius 2 is 2.06 bits per heavy atom. The standard InChI is InChI=1S/C14H17BrO2/c1-14(2,3)7-4-8-17-13-6-5-12(15)9-11(13)10-16/h5-6,9,16H,8,10H2,1-3H3. The molecule has 92 valence electrons. The molecule has 0 spiro atoms. The molecule has 0 aliphatic carbocycles. The minimum absolute atomic E-state index is 0.0110. The predicted octanol–water partition coefficient (Wildman–Crippen LogP) is 3.37. The molecule has 3 heteroatoms. The van der Waals surface area contributed by atoms with Gasteiger partial charge >= 0.3 is 0 Å². The molecule has 0 aromatic heterocycles. The van der Waals surface area contributed by atoms with Crippen molar-refractivity contribution in [3.8, 4) is 17.6 Å². The molecule has 0 saturated carbocycles. The Hall–Kier alpha value is -0.980. The molecule has 0 radical (unpaired) electrons. The smallest absolute Gasteiger partial charge is 0.149 e. The molecule has 0 amide bonds. The summed E-state index contributed by atoms with van der Waals surface area (Å²) in [6.07, 6.45) is 0. The van der Waals surface area contributed by atoms with Crippen molar-refractivity contribution in [3.63, 3.8) is 0 Å². The van der Waals surface area contributed by atoms with E-state index in [1.165, 1.54) is 0 Å². The van der Waals surface area contributed by atoms with E-state index in [2.05, 4.69) is 48.5 Å². The average Bonchev–Trinajstić information content (AvgIpc) is 2.24. The van der Waals surface area contributed by atoms with Crippen LogP contribution in [0.1, 0.15) is 26.3 Å². The second-order valence-electron chi connectivity index (χ2n) is 4.75. The lowest BCUT2D eigenvalue weighted by Crippen LogP contribution is -2.02. The van der Waals surface area contributed by atoms with Gasteiger partial charge in [-0.3, -0.25) is 0 Å². The van der Waals surface area contributed by atoms with Gasteiger partial charge in [-0.25, -0.2) is 0 Å². The van der Waals surface area contributed by atoms with Crippen molar-refractivity contribution in [2.45, 2.75) is 27.4 Å². The topological polar surface area (TPSA) is 29.5 Å². The van der Waals surface area contributed by atoms with Crippen LogP contribution in [0.15, 0.2) is 22.7 Å². The lowest BCUT2D eigenvalue weighted by Gasteiger charge is -2.09. The number of hydrogen-bond donors (Lipinski definition) is 1. The quantitative estimate of drug-likeness (QED) is 0.867. The number of ether oxygens (including phenoxy) is 1. The van der Waals surface area contributed by atoms with Crippen molar-refractivity contribution in [3.05, 3.63) is 28.2 Å². The first kappa shape index (κ1) is 14.1. The molecule has 0 unspecified atom stereocenters. The third kappa shape index (κ3) is 5.25. The Kier molecular flexibility index (Phi) is 5.04. The van der Waals surface area contributed by atoms with Gasteiger partial charge in [0.2, 0.25) is 0 Å². The van der Waals surface area contributed by atoms with Crippen LogP contribution in [-0.4, -0.2) is 11.7 Å². The van der Waals surface area contributed by atoms with E-state index in [0.717, 1.165) is 10.0 Å². The molecule has 1 N–H and O–H groups in total. The van der Waals surface area contributed by atoms with Gasteiger partial charge in [-0.15, -0.1) is 0 Å². The van der Waals surface area contributed by atoms with Crippen LogP contribution in [0.3, 0.4) is 0 Å². The number of aliphatic hydroxyl groups excluding tert-OH is 1. The second kappa shape index (κ2) is 6.09. The highest BCUT2D eigenvalue weighted by Gasteiger charge is 2.04. The third-order valence-electron chi connectivity index (χ3n) is 1.96. The van der Waals surface area contributed by atoms with E-state index in [4.69, 9.17) is 4.74 Å². The van der Waals surface area contributed by atoms with Crippen molar-refractivity contribution >= 4 is 15.9 Å². The van der Waals surface area contributed by atoms with Gasteiger partial charge in [0.15, 0.2) is 0 Å². The zero-order valence-corrected chi connectivity index (χ0v) is 12.0. The van der Waals surface area contributed by atoms with Crippen LogP contribution in [0.2, 0.25) is 0 Å². The molecular weight excluding hydrogens is 280 g/mol. The Labute approximate surface area is 111 Å². The Balaban J connectivity index is 2.66. The molecule has 1 rings (SSSR count). The van der Waals surface area contributed by atoms with E-state index in [9.17, 15) is 5.11 Å². The molecule has 2 nitrogen and oxygen atoms in total. The van der Waals surface area contributed by atoms with E-state index < -0.39 is 0 Å². The predicted molar refractivity (Wildman–Crippen MR) is 72.8 cm³/mol. The molecule has 0 aliphatic rings. The van der Waals surface area contributed by atoms with Gasteiger partial charge in [0.25, 0.3) is 0 Å². The maximum atomic E-state index is 9.19. The summed E-state index contributed by atoms with van der Waals surface area (Å²) in [6, 6.07) is 5.55. The summed E-state index contributed by atoms with van der Waals surface area (Å²) in [5.74, 6) is 6.75. The highest BCUT2D eigenvalue weighted by atomic mass is 79.9. The number of benzene rings is 1. The van der Waals surface area contributed by atoms with Crippen molar-refractivity contribution in [1.82, 2.24) is 0 Å². The van der Waals surface area contributed by atoms with Crippen LogP contribution in [0.4, 0.5) is 0 Å². The normalized spacial score (nSPS) is 10.6. The summed E-state index contributed by atoms with van der Waals surface area (Å²) < 4.78 is 6.45. The average molecular weight is 297 g/mol. The third-order valence-corrected chi connectivity index (χ3v) is 2.45. The maximum absolute atomic E-state index is 9.19. The fourth-order valence-corrected chi connectivity index (χ4v) is 1.64. The molecule has 0 saturated heterocycles. The number of aliphatic hydroxyl groups is 1. The fraction of sp³-hybridized carbons (Fsp3) is 0.429. The Morgan fingerprint density at radius 3 is 2.65 bits per heavy atom. The molecule has 0 fully saturated rings. The summed E-state index contributed by atoms with van der Waals surface area (Å²) >= 11 is 3.35. The van der Waals surface area contributed by atoms with Crippen LogP contribution >= 0.6 is 15.9 Å². The lowest BCUT2D eigenvalue weighted by atomic mass is 9.98. The van der Waals surface area contributed by atoms with Gasteiger partial charge in [0.05, 0.1) is 6.61 Å². The summed E-state index contributed by atoms with van der Waals surface area (Å²) in [7, 11) is 0. The summed E-state index contributed by atoms with van der Waals surface area (Å²) in [5.41, 5.74) is 0.750. The minimum atomic E-state index is -0.0402. The van der Waals surface area contributed by atoms with Crippen molar-refractivity contribution in [2.75, 3.05) is 6.61 Å². The molecule has 0 heterocycles. The summed E-state index contributed by atoms with van der Waals surface area (Å²) in [5, 5.41) is 9.19. The number of hydrogen-bond acceptors (Lipinski definition) is 2. The van der Waals surface area contributed by atoms with Gasteiger partial charge < -0.3 is 9.84 Å². The van der Waals surface area contributed by atoms with Gasteiger partial charge in [0, 0.05) is 15.5 Å².